The van der Waals surface area contributed by atoms with Crippen LogP contribution in [0.25, 0.3) is 20.9 Å². The Bertz CT molecular complexity index is 3510. The minimum Gasteiger partial charge on any atom is -0.370 e. The van der Waals surface area contributed by atoms with E-state index in [1.54, 1.807) is 41.8 Å². The summed E-state index contributed by atoms with van der Waals surface area (Å²) in [5.41, 5.74) is 12.1. The number of unbranched alkanes of at least 4 members (excludes halogenated alkanes) is 2. The number of urea groups is 1. The first kappa shape index (κ1) is 74.2. The Balaban J connectivity index is 1.01. The predicted octanol–water partition coefficient (Wildman–Crippen LogP) is 0.935. The highest BCUT2D eigenvalue weighted by molar-refractivity contribution is 8.00. The van der Waals surface area contributed by atoms with Crippen LogP contribution in [0.3, 0.4) is 0 Å². The number of hydrogen-bond donors (Lipinski definition) is 14. The number of amides is 13. The van der Waals surface area contributed by atoms with Gasteiger partial charge in [-0.2, -0.15) is 11.8 Å². The maximum Gasteiger partial charge on any atom is 0.469 e. The molecule has 3 aliphatic rings. The molecule has 1 unspecified atom stereocenters. The molecule has 0 radical (unpaired) electrons. The molecule has 29 nitrogen and oxygen atoms in total. The lowest BCUT2D eigenvalue weighted by atomic mass is 9.96. The van der Waals surface area contributed by atoms with Crippen LogP contribution in [0.2, 0.25) is 0 Å². The van der Waals surface area contributed by atoms with Crippen molar-refractivity contribution in [2.75, 3.05) is 18.8 Å². The van der Waals surface area contributed by atoms with Crippen molar-refractivity contribution in [2.45, 2.75) is 189 Å². The predicted molar refractivity (Wildman–Crippen MR) is 354 cm³/mol. The Morgan fingerprint density at radius 3 is 2.04 bits per heavy atom. The Morgan fingerprint density at radius 1 is 0.684 bits per heavy atom. The molecule has 3 saturated heterocycles. The quantitative estimate of drug-likeness (QED) is 0.0173. The number of primary amides is 2. The highest BCUT2D eigenvalue weighted by Crippen LogP contribution is 2.39. The van der Waals surface area contributed by atoms with Crippen LogP contribution in [-0.4, -0.2) is 176 Å². The molecule has 32 heteroatoms. The number of fused-ring (bicyclic) bond motifs is 3. The number of nitrogens with one attached hydrogen (secondary N) is 10. The van der Waals surface area contributed by atoms with Crippen LogP contribution < -0.4 is 64.6 Å². The maximum absolute atomic E-state index is 15.1. The summed E-state index contributed by atoms with van der Waals surface area (Å²) >= 11 is 3.16. The second kappa shape index (κ2) is 35.0. The Hall–Kier alpha value is -8.22. The third-order valence-electron chi connectivity index (χ3n) is 16.8. The van der Waals surface area contributed by atoms with Gasteiger partial charge in [-0.1, -0.05) is 67.1 Å². The van der Waals surface area contributed by atoms with Crippen LogP contribution in [-0.2, 0) is 74.7 Å². The Kier molecular flexibility index (Phi) is 27.3. The van der Waals surface area contributed by atoms with Gasteiger partial charge in [-0.05, 0) is 117 Å². The molecule has 0 spiro atoms. The number of thiophene rings is 1. The van der Waals surface area contributed by atoms with Crippen molar-refractivity contribution < 1.29 is 76.4 Å². The first-order valence-corrected chi connectivity index (χ1v) is 35.2. The average molecular weight is 1380 g/mol. The van der Waals surface area contributed by atoms with Crippen LogP contribution >= 0.6 is 30.9 Å². The maximum atomic E-state index is 15.1. The summed E-state index contributed by atoms with van der Waals surface area (Å²) < 4.78 is 18.3. The highest BCUT2D eigenvalue weighted by Gasteiger charge is 2.44. The smallest absolute Gasteiger partial charge is 0.370 e. The summed E-state index contributed by atoms with van der Waals surface area (Å²) in [5, 5.41) is 31.2. The van der Waals surface area contributed by atoms with E-state index in [1.807, 2.05) is 42.1 Å². The minimum atomic E-state index is -5.42. The fraction of sp³-hybridized carbons (Fsp3) is 0.524. The molecule has 95 heavy (non-hydrogen) atoms. The highest BCUT2D eigenvalue weighted by atomic mass is 32.2. The van der Waals surface area contributed by atoms with E-state index in [-0.39, 0.29) is 69.1 Å². The molecular weight excluding hydrogens is 1290 g/mol. The van der Waals surface area contributed by atoms with Gasteiger partial charge in [0.15, 0.2) is 0 Å². The largest absolute Gasteiger partial charge is 0.469 e. The lowest BCUT2D eigenvalue weighted by molar-refractivity contribution is -0.148. The zero-order chi connectivity index (χ0) is 69.1. The van der Waals surface area contributed by atoms with Crippen LogP contribution in [0.15, 0.2) is 72.1 Å². The van der Waals surface area contributed by atoms with Crippen molar-refractivity contribution in [3.05, 3.63) is 83.2 Å². The summed E-state index contributed by atoms with van der Waals surface area (Å²) in [4.78, 5) is 182. The molecule has 516 valence electrons. The molecule has 4 aromatic rings. The van der Waals surface area contributed by atoms with Crippen molar-refractivity contribution in [2.24, 2.45) is 11.5 Å². The van der Waals surface area contributed by atoms with Crippen LogP contribution in [0.1, 0.15) is 116 Å². The van der Waals surface area contributed by atoms with Crippen molar-refractivity contribution >= 4 is 123 Å². The van der Waals surface area contributed by atoms with Gasteiger partial charge in [0.1, 0.15) is 48.3 Å². The Morgan fingerprint density at radius 2 is 1.33 bits per heavy atom. The van der Waals surface area contributed by atoms with E-state index >= 15 is 4.79 Å². The van der Waals surface area contributed by atoms with Gasteiger partial charge in [0.25, 0.3) is 0 Å². The van der Waals surface area contributed by atoms with Gasteiger partial charge in [-0.25, -0.2) is 9.36 Å². The number of nitrogens with two attached hydrogens (primary N) is 2. The fourth-order valence-electron chi connectivity index (χ4n) is 11.8. The number of carbonyl (C=O) groups is 12. The summed E-state index contributed by atoms with van der Waals surface area (Å²) in [6.07, 6.45) is 1.77. The van der Waals surface area contributed by atoms with Gasteiger partial charge in [-0.15, -0.1) is 11.3 Å². The van der Waals surface area contributed by atoms with Crippen LogP contribution in [0.4, 0.5) is 4.79 Å². The number of phosphoric acid groups is 1. The van der Waals surface area contributed by atoms with E-state index in [0.29, 0.717) is 66.8 Å². The topological polar surface area (TPSA) is 447 Å². The Labute approximate surface area is 557 Å². The van der Waals surface area contributed by atoms with E-state index in [0.717, 1.165) is 45.9 Å². The SMILES string of the molecule is CC(=O)N[C@@H](CCCCNC(=O)CCCC[C@@H]1SC[C@@H]2NC(=O)N[C@@H]21)C(=O)N[C@@H](C)C(=O)N[C@@H](C)C(=O)N[C@@H](Cc1csc2ccccc12)C(=O)N[C@H](C(=O)N1CCCC[C@H]1C(=O)N[C@@H](Cc1cccc2ccccc12)C(=O)N[C@@H](CCC(N)=O)C(N)=O)C(C)OP(=O)(O)O. The molecule has 4 heterocycles. The van der Waals surface area contributed by atoms with Gasteiger partial charge in [-0.3, -0.25) is 57.3 Å². The van der Waals surface area contributed by atoms with Crippen molar-refractivity contribution in [3.8, 4) is 0 Å². The van der Waals surface area contributed by atoms with Gasteiger partial charge in [0, 0.05) is 61.4 Å². The average Bonchev–Trinajstić information content (AvgIpc) is 1.83. The van der Waals surface area contributed by atoms with Crippen molar-refractivity contribution in [1.29, 1.82) is 0 Å². The number of benzene rings is 3. The molecule has 1 aromatic heterocycles. The molecule has 12 atom stereocenters. The molecule has 16 N–H and O–H groups in total. The van der Waals surface area contributed by atoms with E-state index < -0.39 is 121 Å². The van der Waals surface area contributed by atoms with Crippen molar-refractivity contribution in [1.82, 2.24) is 58.1 Å². The van der Waals surface area contributed by atoms with Crippen LogP contribution in [0, 0.1) is 0 Å². The third-order valence-corrected chi connectivity index (χ3v) is 20.0. The molecule has 0 saturated carbocycles. The third kappa shape index (κ3) is 21.9. The number of nitrogens with zero attached hydrogens (tertiary/aromatic N) is 1. The van der Waals surface area contributed by atoms with Gasteiger partial charge in [0.05, 0.1) is 18.2 Å². The number of rotatable bonds is 35. The fourth-order valence-corrected chi connectivity index (χ4v) is 14.9. The second-order valence-electron chi connectivity index (χ2n) is 24.2. The lowest BCUT2D eigenvalue weighted by Gasteiger charge is -2.39. The summed E-state index contributed by atoms with van der Waals surface area (Å²) in [6.45, 7) is 5.22. The lowest BCUT2D eigenvalue weighted by Crippen LogP contribution is -2.63. The van der Waals surface area contributed by atoms with E-state index in [9.17, 15) is 67.1 Å². The molecule has 3 aromatic carbocycles. The summed E-state index contributed by atoms with van der Waals surface area (Å²) in [7, 11) is -5.42. The molecule has 0 bridgehead atoms. The molecule has 3 fully saturated rings. The summed E-state index contributed by atoms with van der Waals surface area (Å²) in [5.74, 6) is -7.73. The minimum absolute atomic E-state index is 0.0111. The monoisotopic (exact) mass is 1380 g/mol. The number of likely N-dealkylation sites (tertiary alicyclic amines) is 1. The standard InChI is InChI=1S/C63H86N13O16PS2/c1-34(68-58(83)44(69-37(4)77)21-11-13-28-66-52(79)25-10-9-24-50-54-47(33-95-50)73-63(88)75-54)56(81)67-35(2)57(82)71-46(31-40-32-94-49-23-8-7-20-42(40)49)60(85)74-53(36(3)92-93(89,90)91)62(87)76-29-14-12-22-48(76)61(86)72-45(59(84)70-43(55(65)80)26-27-51(64)78)30-39-18-15-17-38-16-5-6-19-41(38)39/h5-8,15-20,23,32,34-36,43-48,50,53-54H,9-14,21-22,24-31,33H2,1-4H3,(H2,64,78)(H2,65,80)(H,66,79)(H,67,81)(H,68,83)(H,69,77)(H,70,84)(H,71,82)(H,72,86)(H,74,85)(H2,73,75,88)(H2,89,90,91)/t34-,35-,36?,43-,44-,45-,46-,47-,48-,50-,53-,54-/m0/s1. The number of piperidine rings is 1. The number of hydrogen-bond acceptors (Lipinski definition) is 16. The molecule has 13 amide bonds. The molecule has 0 aliphatic carbocycles. The van der Waals surface area contributed by atoms with Crippen LogP contribution in [0.5, 0.6) is 0 Å². The number of carbonyl (C=O) groups excluding carboxylic acids is 12. The first-order valence-electron chi connectivity index (χ1n) is 31.7. The first-order chi connectivity index (χ1) is 45.2. The van der Waals surface area contributed by atoms with E-state index in [1.165, 1.54) is 32.1 Å². The van der Waals surface area contributed by atoms with Gasteiger partial charge >= 0.3 is 13.9 Å². The normalized spacial score (nSPS) is 19.3. The van der Waals surface area contributed by atoms with E-state index in [2.05, 4.69) is 53.2 Å². The summed E-state index contributed by atoms with van der Waals surface area (Å²) in [6, 6.07) is 8.47. The molecule has 7 rings (SSSR count). The second-order valence-corrected chi connectivity index (χ2v) is 27.5. The molecular formula is C63H86N13O16PS2. The van der Waals surface area contributed by atoms with Gasteiger partial charge in [0.2, 0.25) is 65.0 Å². The zero-order valence-electron chi connectivity index (χ0n) is 53.4. The molecule has 3 aliphatic heterocycles. The number of thioether (sulfide) groups is 1. The van der Waals surface area contributed by atoms with Gasteiger partial charge < -0.3 is 79.3 Å². The number of phosphoric ester groups is 1. The zero-order valence-corrected chi connectivity index (χ0v) is 55.9. The van der Waals surface area contributed by atoms with Crippen molar-refractivity contribution in [3.63, 3.8) is 0 Å². The van der Waals surface area contributed by atoms with E-state index in [4.69, 9.17) is 16.0 Å².